The second-order valence-corrected chi connectivity index (χ2v) is 5.04. The first-order valence-electron chi connectivity index (χ1n) is 5.49. The van der Waals surface area contributed by atoms with Gasteiger partial charge in [-0.3, -0.25) is 0 Å². The Kier molecular flexibility index (Phi) is 2.67. The Hall–Kier alpha value is -1.81. The first-order chi connectivity index (χ1) is 7.87. The highest BCUT2D eigenvalue weighted by atomic mass is 16.4. The average molecular weight is 232 g/mol. The normalized spacial score (nSPS) is 11.9. The predicted molar refractivity (Wildman–Crippen MR) is 67.2 cm³/mol. The summed E-state index contributed by atoms with van der Waals surface area (Å²) in [6.45, 7) is 3.94. The molecule has 0 saturated heterocycles. The summed E-state index contributed by atoms with van der Waals surface area (Å²) in [7, 11) is 0. The number of aromatic nitrogens is 1. The lowest BCUT2D eigenvalue weighted by Crippen LogP contribution is -2.34. The minimum absolute atomic E-state index is 0.277. The molecule has 0 atom stereocenters. The fraction of sp³-hybridized carbons (Fsp3) is 0.308. The molecule has 17 heavy (non-hydrogen) atoms. The van der Waals surface area contributed by atoms with E-state index in [2.05, 4.69) is 4.98 Å². The molecule has 0 amide bonds. The van der Waals surface area contributed by atoms with Crippen LogP contribution in [-0.2, 0) is 6.42 Å². The molecule has 0 radical (unpaired) electrons. The van der Waals surface area contributed by atoms with E-state index in [1.54, 1.807) is 12.1 Å². The third-order valence-electron chi connectivity index (χ3n) is 2.66. The second kappa shape index (κ2) is 3.89. The van der Waals surface area contributed by atoms with Gasteiger partial charge in [0, 0.05) is 22.6 Å². The molecule has 0 fully saturated rings. The summed E-state index contributed by atoms with van der Waals surface area (Å²) in [5, 5.41) is 9.94. The zero-order chi connectivity index (χ0) is 12.6. The van der Waals surface area contributed by atoms with Gasteiger partial charge in [0.05, 0.1) is 5.56 Å². The number of nitrogens with one attached hydrogen (secondary N) is 1. The smallest absolute Gasteiger partial charge is 0.335 e. The van der Waals surface area contributed by atoms with Crippen molar-refractivity contribution in [2.45, 2.75) is 25.8 Å². The molecule has 0 unspecified atom stereocenters. The largest absolute Gasteiger partial charge is 0.478 e. The van der Waals surface area contributed by atoms with Crippen LogP contribution in [-0.4, -0.2) is 21.6 Å². The van der Waals surface area contributed by atoms with Crippen LogP contribution in [0.3, 0.4) is 0 Å². The molecule has 0 bridgehead atoms. The molecular formula is C13H16N2O2. The molecule has 90 valence electrons. The Morgan fingerprint density at radius 3 is 2.76 bits per heavy atom. The Morgan fingerprint density at radius 1 is 1.47 bits per heavy atom. The van der Waals surface area contributed by atoms with Crippen molar-refractivity contribution >= 4 is 16.9 Å². The molecule has 4 heteroatoms. The van der Waals surface area contributed by atoms with Gasteiger partial charge in [-0.15, -0.1) is 0 Å². The Balaban J connectivity index is 2.45. The standard InChI is InChI=1S/C13H16N2O2/c1-13(2,14)6-9-7-15-11-5-8(12(16)17)3-4-10(9)11/h3-5,7,15H,6,14H2,1-2H3,(H,16,17). The van der Waals surface area contributed by atoms with Crippen LogP contribution in [0.1, 0.15) is 29.8 Å². The van der Waals surface area contributed by atoms with Gasteiger partial charge >= 0.3 is 5.97 Å². The van der Waals surface area contributed by atoms with E-state index in [9.17, 15) is 4.79 Å². The van der Waals surface area contributed by atoms with E-state index in [4.69, 9.17) is 10.8 Å². The maximum absolute atomic E-state index is 10.8. The fourth-order valence-corrected chi connectivity index (χ4v) is 1.96. The molecule has 0 aliphatic heterocycles. The number of nitrogens with two attached hydrogens (primary N) is 1. The summed E-state index contributed by atoms with van der Waals surface area (Å²) in [4.78, 5) is 13.9. The van der Waals surface area contributed by atoms with Gasteiger partial charge in [0.25, 0.3) is 0 Å². The van der Waals surface area contributed by atoms with Crippen molar-refractivity contribution in [1.29, 1.82) is 0 Å². The van der Waals surface area contributed by atoms with Crippen LogP contribution >= 0.6 is 0 Å². The lowest BCUT2D eigenvalue weighted by atomic mass is 9.96. The first kappa shape index (κ1) is 11.7. The Morgan fingerprint density at radius 2 is 2.18 bits per heavy atom. The molecule has 4 nitrogen and oxygen atoms in total. The van der Waals surface area contributed by atoms with Gasteiger partial charge < -0.3 is 15.8 Å². The maximum Gasteiger partial charge on any atom is 0.335 e. The molecule has 0 saturated carbocycles. The van der Waals surface area contributed by atoms with Crippen molar-refractivity contribution < 1.29 is 9.90 Å². The lowest BCUT2D eigenvalue weighted by Gasteiger charge is -2.17. The van der Waals surface area contributed by atoms with Crippen molar-refractivity contribution in [3.05, 3.63) is 35.5 Å². The van der Waals surface area contributed by atoms with Crippen molar-refractivity contribution in [2.24, 2.45) is 5.73 Å². The van der Waals surface area contributed by atoms with Crippen molar-refractivity contribution in [3.8, 4) is 0 Å². The van der Waals surface area contributed by atoms with Crippen LogP contribution in [0, 0.1) is 0 Å². The van der Waals surface area contributed by atoms with Crippen LogP contribution in [0.2, 0.25) is 0 Å². The highest BCUT2D eigenvalue weighted by Crippen LogP contribution is 2.22. The molecule has 2 aromatic rings. The minimum Gasteiger partial charge on any atom is -0.478 e. The highest BCUT2D eigenvalue weighted by Gasteiger charge is 2.15. The van der Waals surface area contributed by atoms with E-state index in [0.717, 1.165) is 22.9 Å². The molecule has 1 heterocycles. The Labute approximate surface area is 99.4 Å². The van der Waals surface area contributed by atoms with Crippen LogP contribution < -0.4 is 5.73 Å². The summed E-state index contributed by atoms with van der Waals surface area (Å²) >= 11 is 0. The predicted octanol–water partition coefficient (Wildman–Crippen LogP) is 2.15. The van der Waals surface area contributed by atoms with Gasteiger partial charge in [0.2, 0.25) is 0 Å². The molecule has 1 aromatic carbocycles. The second-order valence-electron chi connectivity index (χ2n) is 5.04. The van der Waals surface area contributed by atoms with Gasteiger partial charge in [-0.05, 0) is 38.0 Å². The van der Waals surface area contributed by atoms with Crippen LogP contribution in [0.25, 0.3) is 10.9 Å². The molecule has 0 aliphatic carbocycles. The van der Waals surface area contributed by atoms with E-state index >= 15 is 0 Å². The van der Waals surface area contributed by atoms with Gasteiger partial charge in [-0.1, -0.05) is 6.07 Å². The molecule has 1 aromatic heterocycles. The number of rotatable bonds is 3. The molecule has 0 aliphatic rings. The third kappa shape index (κ3) is 2.47. The third-order valence-corrected chi connectivity index (χ3v) is 2.66. The highest BCUT2D eigenvalue weighted by molar-refractivity contribution is 5.94. The van der Waals surface area contributed by atoms with Gasteiger partial charge in [0.1, 0.15) is 0 Å². The molecule has 0 spiro atoms. The average Bonchev–Trinajstić information content (AvgIpc) is 2.58. The molecular weight excluding hydrogens is 216 g/mol. The van der Waals surface area contributed by atoms with Crippen molar-refractivity contribution in [2.75, 3.05) is 0 Å². The summed E-state index contributed by atoms with van der Waals surface area (Å²) in [6.07, 6.45) is 2.64. The van der Waals surface area contributed by atoms with E-state index < -0.39 is 5.97 Å². The number of benzene rings is 1. The van der Waals surface area contributed by atoms with Crippen molar-refractivity contribution in [1.82, 2.24) is 4.98 Å². The number of H-pyrrole nitrogens is 1. The van der Waals surface area contributed by atoms with Crippen LogP contribution in [0.15, 0.2) is 24.4 Å². The summed E-state index contributed by atoms with van der Waals surface area (Å²) in [5.74, 6) is -0.915. The van der Waals surface area contributed by atoms with Gasteiger partial charge in [0.15, 0.2) is 0 Å². The zero-order valence-electron chi connectivity index (χ0n) is 9.95. The Bertz CT molecular complexity index is 564. The van der Waals surface area contributed by atoms with E-state index in [-0.39, 0.29) is 11.1 Å². The number of hydrogen-bond acceptors (Lipinski definition) is 2. The SMILES string of the molecule is CC(C)(N)Cc1c[nH]c2cc(C(=O)O)ccc12. The lowest BCUT2D eigenvalue weighted by molar-refractivity contribution is 0.0697. The summed E-state index contributed by atoms with van der Waals surface area (Å²) in [6, 6.07) is 5.09. The summed E-state index contributed by atoms with van der Waals surface area (Å²) < 4.78 is 0. The molecule has 2 rings (SSSR count). The van der Waals surface area contributed by atoms with Crippen molar-refractivity contribution in [3.63, 3.8) is 0 Å². The van der Waals surface area contributed by atoms with Crippen LogP contribution in [0.5, 0.6) is 0 Å². The fourth-order valence-electron chi connectivity index (χ4n) is 1.96. The van der Waals surface area contributed by atoms with E-state index in [0.29, 0.717) is 0 Å². The molecule has 4 N–H and O–H groups in total. The number of hydrogen-bond donors (Lipinski definition) is 3. The monoisotopic (exact) mass is 232 g/mol. The van der Waals surface area contributed by atoms with Gasteiger partial charge in [-0.25, -0.2) is 4.79 Å². The number of aromatic amines is 1. The number of carboxylic acid groups (broad SMARTS) is 1. The number of fused-ring (bicyclic) bond motifs is 1. The number of carboxylic acids is 1. The number of aromatic carboxylic acids is 1. The summed E-state index contributed by atoms with van der Waals surface area (Å²) in [5.41, 5.74) is 7.95. The van der Waals surface area contributed by atoms with E-state index in [1.807, 2.05) is 26.1 Å². The van der Waals surface area contributed by atoms with Gasteiger partial charge in [-0.2, -0.15) is 0 Å². The number of carbonyl (C=O) groups is 1. The maximum atomic E-state index is 10.8. The topological polar surface area (TPSA) is 79.1 Å². The quantitative estimate of drug-likeness (QED) is 0.758. The zero-order valence-corrected chi connectivity index (χ0v) is 9.95. The minimum atomic E-state index is -0.915. The van der Waals surface area contributed by atoms with E-state index in [1.165, 1.54) is 0 Å². The van der Waals surface area contributed by atoms with Crippen LogP contribution in [0.4, 0.5) is 0 Å². The first-order valence-corrected chi connectivity index (χ1v) is 5.49.